The SMILES string of the molecule is CC(C(=O)O)C(=O)Nc1cc(-n2cnnn2)ccc1F. The van der Waals surface area contributed by atoms with Crippen LogP contribution in [-0.4, -0.2) is 37.2 Å². The second-order valence-electron chi connectivity index (χ2n) is 3.97. The van der Waals surface area contributed by atoms with E-state index in [0.29, 0.717) is 5.69 Å². The fraction of sp³-hybridized carbons (Fsp3) is 0.182. The third-order valence-electron chi connectivity index (χ3n) is 2.59. The van der Waals surface area contributed by atoms with Crippen molar-refractivity contribution in [1.29, 1.82) is 0 Å². The van der Waals surface area contributed by atoms with E-state index >= 15 is 0 Å². The first-order chi connectivity index (χ1) is 9.49. The van der Waals surface area contributed by atoms with Gasteiger partial charge in [0.25, 0.3) is 0 Å². The van der Waals surface area contributed by atoms with Crippen LogP contribution in [0.3, 0.4) is 0 Å². The first kappa shape index (κ1) is 13.6. The topological polar surface area (TPSA) is 110 Å². The van der Waals surface area contributed by atoms with Crippen LogP contribution in [0.2, 0.25) is 0 Å². The van der Waals surface area contributed by atoms with E-state index in [9.17, 15) is 14.0 Å². The maximum Gasteiger partial charge on any atom is 0.315 e. The van der Waals surface area contributed by atoms with Gasteiger partial charge in [-0.1, -0.05) is 0 Å². The van der Waals surface area contributed by atoms with E-state index in [4.69, 9.17) is 5.11 Å². The lowest BCUT2D eigenvalue weighted by Gasteiger charge is -2.10. The summed E-state index contributed by atoms with van der Waals surface area (Å²) in [5, 5.41) is 21.4. The molecule has 0 radical (unpaired) electrons. The van der Waals surface area contributed by atoms with Gasteiger partial charge in [0.1, 0.15) is 18.1 Å². The van der Waals surface area contributed by atoms with Crippen molar-refractivity contribution in [2.24, 2.45) is 5.92 Å². The maximum atomic E-state index is 13.6. The molecular formula is C11H10FN5O3. The fourth-order valence-corrected chi connectivity index (χ4v) is 1.38. The summed E-state index contributed by atoms with van der Waals surface area (Å²) < 4.78 is 14.9. The molecule has 2 rings (SSSR count). The van der Waals surface area contributed by atoms with E-state index in [-0.39, 0.29) is 5.69 Å². The van der Waals surface area contributed by atoms with Crippen LogP contribution in [0.5, 0.6) is 0 Å². The molecule has 1 aromatic heterocycles. The summed E-state index contributed by atoms with van der Waals surface area (Å²) in [5.41, 5.74) is 0.283. The van der Waals surface area contributed by atoms with Crippen molar-refractivity contribution in [3.05, 3.63) is 30.3 Å². The summed E-state index contributed by atoms with van der Waals surface area (Å²) >= 11 is 0. The number of carbonyl (C=O) groups excluding carboxylic acids is 1. The van der Waals surface area contributed by atoms with Crippen molar-refractivity contribution < 1.29 is 19.1 Å². The fourth-order valence-electron chi connectivity index (χ4n) is 1.38. The number of rotatable bonds is 4. The number of halogens is 1. The molecule has 0 fully saturated rings. The molecule has 1 heterocycles. The first-order valence-corrected chi connectivity index (χ1v) is 5.55. The standard InChI is InChI=1S/C11H10FN5O3/c1-6(11(19)20)10(18)14-9-4-7(2-3-8(9)12)17-5-13-15-16-17/h2-6H,1H3,(H,14,18)(H,19,20). The van der Waals surface area contributed by atoms with Gasteiger partial charge in [-0.3, -0.25) is 9.59 Å². The number of aromatic nitrogens is 4. The second kappa shape index (κ2) is 5.43. The number of nitrogens with one attached hydrogen (secondary N) is 1. The monoisotopic (exact) mass is 279 g/mol. The van der Waals surface area contributed by atoms with Crippen LogP contribution in [0.4, 0.5) is 10.1 Å². The Hall–Kier alpha value is -2.84. The van der Waals surface area contributed by atoms with Gasteiger partial charge >= 0.3 is 5.97 Å². The van der Waals surface area contributed by atoms with Gasteiger partial charge in [-0.15, -0.1) is 5.10 Å². The van der Waals surface area contributed by atoms with Crippen LogP contribution in [0.1, 0.15) is 6.92 Å². The Balaban J connectivity index is 2.26. The molecule has 2 N–H and O–H groups in total. The lowest BCUT2D eigenvalue weighted by Crippen LogP contribution is -2.27. The summed E-state index contributed by atoms with van der Waals surface area (Å²) in [7, 11) is 0. The van der Waals surface area contributed by atoms with Crippen molar-refractivity contribution in [2.75, 3.05) is 5.32 Å². The molecule has 0 saturated carbocycles. The Morgan fingerprint density at radius 3 is 2.80 bits per heavy atom. The lowest BCUT2D eigenvalue weighted by molar-refractivity contribution is -0.144. The zero-order chi connectivity index (χ0) is 14.7. The van der Waals surface area contributed by atoms with Crippen molar-refractivity contribution in [2.45, 2.75) is 6.92 Å². The number of hydrogen-bond donors (Lipinski definition) is 2. The summed E-state index contributed by atoms with van der Waals surface area (Å²) in [6.07, 6.45) is 1.30. The predicted molar refractivity (Wildman–Crippen MR) is 64.5 cm³/mol. The van der Waals surface area contributed by atoms with Crippen LogP contribution < -0.4 is 5.32 Å². The molecule has 1 atom stereocenters. The molecule has 9 heteroatoms. The van der Waals surface area contributed by atoms with Crippen molar-refractivity contribution in [1.82, 2.24) is 20.2 Å². The van der Waals surface area contributed by atoms with E-state index in [2.05, 4.69) is 20.8 Å². The van der Waals surface area contributed by atoms with E-state index < -0.39 is 23.6 Å². The van der Waals surface area contributed by atoms with Gasteiger partial charge in [-0.2, -0.15) is 0 Å². The van der Waals surface area contributed by atoms with Crippen LogP contribution in [0, 0.1) is 11.7 Å². The molecule has 0 spiro atoms. The van der Waals surface area contributed by atoms with Gasteiger partial charge in [-0.05, 0) is 35.5 Å². The summed E-state index contributed by atoms with van der Waals surface area (Å²) in [5.74, 6) is -4.08. The van der Waals surface area contributed by atoms with E-state index in [1.54, 1.807) is 0 Å². The zero-order valence-electron chi connectivity index (χ0n) is 10.3. The van der Waals surface area contributed by atoms with Crippen LogP contribution >= 0.6 is 0 Å². The molecule has 0 aliphatic carbocycles. The highest BCUT2D eigenvalue weighted by atomic mass is 19.1. The van der Waals surface area contributed by atoms with Crippen molar-refractivity contribution in [3.8, 4) is 5.69 Å². The highest BCUT2D eigenvalue weighted by Gasteiger charge is 2.21. The molecule has 1 amide bonds. The Kier molecular flexibility index (Phi) is 3.69. The number of aliphatic carboxylic acids is 1. The molecule has 0 aliphatic rings. The van der Waals surface area contributed by atoms with Gasteiger partial charge < -0.3 is 10.4 Å². The molecule has 1 unspecified atom stereocenters. The predicted octanol–water partition coefficient (Wildman–Crippen LogP) is 0.461. The van der Waals surface area contributed by atoms with E-state index in [0.717, 1.165) is 6.07 Å². The normalized spacial score (nSPS) is 11.9. The van der Waals surface area contributed by atoms with Gasteiger partial charge in [0.15, 0.2) is 0 Å². The Morgan fingerprint density at radius 1 is 1.45 bits per heavy atom. The molecule has 8 nitrogen and oxygen atoms in total. The van der Waals surface area contributed by atoms with Gasteiger partial charge in [0.2, 0.25) is 5.91 Å². The van der Waals surface area contributed by atoms with Crippen LogP contribution in [0.25, 0.3) is 5.69 Å². The number of hydrogen-bond acceptors (Lipinski definition) is 5. The highest BCUT2D eigenvalue weighted by Crippen LogP contribution is 2.19. The summed E-state index contributed by atoms with van der Waals surface area (Å²) in [4.78, 5) is 22.3. The highest BCUT2D eigenvalue weighted by molar-refractivity contribution is 6.03. The molecule has 104 valence electrons. The van der Waals surface area contributed by atoms with Gasteiger partial charge in [0, 0.05) is 0 Å². The van der Waals surface area contributed by atoms with Crippen molar-refractivity contribution >= 4 is 17.6 Å². The minimum atomic E-state index is -1.29. The van der Waals surface area contributed by atoms with Crippen LogP contribution in [-0.2, 0) is 9.59 Å². The molecule has 0 aliphatic heterocycles. The molecule has 0 saturated heterocycles. The summed E-state index contributed by atoms with van der Waals surface area (Å²) in [6, 6.07) is 3.85. The number of tetrazole rings is 1. The molecular weight excluding hydrogens is 269 g/mol. The Labute approximate surface area is 112 Å². The number of carboxylic acid groups (broad SMARTS) is 1. The lowest BCUT2D eigenvalue weighted by atomic mass is 10.1. The smallest absolute Gasteiger partial charge is 0.315 e. The number of carboxylic acids is 1. The van der Waals surface area contributed by atoms with Gasteiger partial charge in [-0.25, -0.2) is 9.07 Å². The minimum absolute atomic E-state index is 0.142. The van der Waals surface area contributed by atoms with E-state index in [1.165, 1.54) is 30.1 Å². The average Bonchev–Trinajstić information content (AvgIpc) is 2.94. The third-order valence-corrected chi connectivity index (χ3v) is 2.59. The third kappa shape index (κ3) is 2.76. The van der Waals surface area contributed by atoms with E-state index in [1.807, 2.05) is 0 Å². The first-order valence-electron chi connectivity index (χ1n) is 5.55. The average molecular weight is 279 g/mol. The molecule has 0 bridgehead atoms. The number of anilines is 1. The number of nitrogens with zero attached hydrogens (tertiary/aromatic N) is 4. The number of benzene rings is 1. The van der Waals surface area contributed by atoms with Crippen LogP contribution in [0.15, 0.2) is 24.5 Å². The number of amides is 1. The quantitative estimate of drug-likeness (QED) is 0.787. The molecule has 20 heavy (non-hydrogen) atoms. The molecule has 2 aromatic rings. The van der Waals surface area contributed by atoms with Gasteiger partial charge in [0.05, 0.1) is 11.4 Å². The minimum Gasteiger partial charge on any atom is -0.481 e. The zero-order valence-corrected chi connectivity index (χ0v) is 10.3. The second-order valence-corrected chi connectivity index (χ2v) is 3.97. The largest absolute Gasteiger partial charge is 0.481 e. The Morgan fingerprint density at radius 2 is 2.20 bits per heavy atom. The van der Waals surface area contributed by atoms with Crippen molar-refractivity contribution in [3.63, 3.8) is 0 Å². The molecule has 1 aromatic carbocycles. The maximum absolute atomic E-state index is 13.6. The summed E-state index contributed by atoms with van der Waals surface area (Å²) in [6.45, 7) is 1.21. The Bertz CT molecular complexity index is 644. The number of carbonyl (C=O) groups is 2.